The van der Waals surface area contributed by atoms with E-state index in [1.54, 1.807) is 29.3 Å². The number of nitrogens with one attached hydrogen (secondary N) is 2. The van der Waals surface area contributed by atoms with Crippen molar-refractivity contribution < 1.29 is 30.8 Å². The van der Waals surface area contributed by atoms with Gasteiger partial charge in [0.15, 0.2) is 5.69 Å². The van der Waals surface area contributed by atoms with Crippen LogP contribution in [-0.4, -0.2) is 65.8 Å². The number of hydrogen-bond acceptors (Lipinski definition) is 6. The maximum Gasteiger partial charge on any atom is 0.416 e. The van der Waals surface area contributed by atoms with Crippen molar-refractivity contribution >= 4 is 50.7 Å². The molecule has 2 saturated heterocycles. The van der Waals surface area contributed by atoms with Gasteiger partial charge in [-0.15, -0.1) is 11.3 Å². The van der Waals surface area contributed by atoms with Gasteiger partial charge in [0.2, 0.25) is 0 Å². The molecular formula is C33H30Cl2F4N6O3S2. The average molecular weight is 770 g/mol. The standard InChI is InChI=1S/C33H30Cl2F4N6O3S2/c34-23-9-12-28(27(35)18-23)45-31(29-13-11-25(49-29)10-6-21-4-7-22(8-5-21)33(37,38)39)26(19-40-50(47,48)44-17-14-24(36)20-44)30(41-45)32(46)42-43-15-2-1-3-16-43/h4-5,7-9,11-13,18,24,40H,1-3,14-17,19-20H2,(H,42,46)/t24-/m0/s1. The van der Waals surface area contributed by atoms with Crippen LogP contribution in [-0.2, 0) is 22.9 Å². The molecule has 0 unspecified atom stereocenters. The summed E-state index contributed by atoms with van der Waals surface area (Å²) in [7, 11) is -4.14. The van der Waals surface area contributed by atoms with Crippen LogP contribution < -0.4 is 10.1 Å². The van der Waals surface area contributed by atoms with Crippen LogP contribution in [0.25, 0.3) is 16.3 Å². The number of benzene rings is 2. The summed E-state index contributed by atoms with van der Waals surface area (Å²) in [5, 5.41) is 7.03. The molecular weight excluding hydrogens is 739 g/mol. The fourth-order valence-corrected chi connectivity index (χ4v) is 8.27. The second-order valence-corrected chi connectivity index (χ2v) is 15.4. The van der Waals surface area contributed by atoms with Crippen LogP contribution in [0.5, 0.6) is 0 Å². The lowest BCUT2D eigenvalue weighted by Crippen LogP contribution is -2.45. The maximum atomic E-state index is 14.0. The summed E-state index contributed by atoms with van der Waals surface area (Å²) < 4.78 is 84.5. The molecule has 4 aromatic rings. The zero-order chi connectivity index (χ0) is 35.6. The molecule has 1 atom stereocenters. The van der Waals surface area contributed by atoms with Gasteiger partial charge in [-0.1, -0.05) is 41.5 Å². The Hall–Kier alpha value is -3.49. The van der Waals surface area contributed by atoms with Gasteiger partial charge >= 0.3 is 6.18 Å². The molecule has 6 rings (SSSR count). The fraction of sp³-hybridized carbons (Fsp3) is 0.333. The number of alkyl halides is 4. The minimum atomic E-state index is -4.47. The lowest BCUT2D eigenvalue weighted by Gasteiger charge is -2.26. The SMILES string of the molecule is O=C(NN1CCCCC1)c1nn(-c2ccc(Cl)cc2Cl)c(-c2ccc(C#Cc3ccc(C(F)(F)F)cc3)s2)c1CNS(=O)(=O)N1CC[C@H](F)C1. The van der Waals surface area contributed by atoms with Crippen LogP contribution in [0.3, 0.4) is 0 Å². The number of nitrogens with zero attached hydrogens (tertiary/aromatic N) is 4. The first-order valence-corrected chi connectivity index (χ1v) is 18.6. The van der Waals surface area contributed by atoms with Crippen LogP contribution in [0.4, 0.5) is 17.6 Å². The van der Waals surface area contributed by atoms with E-state index in [0.29, 0.717) is 44.8 Å². The van der Waals surface area contributed by atoms with E-state index in [2.05, 4.69) is 27.1 Å². The average Bonchev–Trinajstić information content (AvgIpc) is 3.82. The molecule has 0 aliphatic carbocycles. The van der Waals surface area contributed by atoms with Gasteiger partial charge in [0.1, 0.15) is 6.17 Å². The summed E-state index contributed by atoms with van der Waals surface area (Å²) >= 11 is 14.0. The molecule has 0 spiro atoms. The number of carbonyl (C=O) groups is 1. The Balaban J connectivity index is 1.43. The van der Waals surface area contributed by atoms with Crippen molar-refractivity contribution in [2.45, 2.75) is 44.6 Å². The van der Waals surface area contributed by atoms with E-state index < -0.39 is 34.0 Å². The number of aromatic nitrogens is 2. The summed E-state index contributed by atoms with van der Waals surface area (Å²) in [6, 6.07) is 12.6. The number of rotatable bonds is 8. The van der Waals surface area contributed by atoms with Crippen LogP contribution in [0.15, 0.2) is 54.6 Å². The molecule has 0 radical (unpaired) electrons. The second kappa shape index (κ2) is 15.0. The molecule has 1 amide bonds. The number of thiophene rings is 1. The molecule has 2 aromatic heterocycles. The van der Waals surface area contributed by atoms with E-state index in [1.807, 2.05) is 0 Å². The van der Waals surface area contributed by atoms with E-state index in [9.17, 15) is 30.8 Å². The van der Waals surface area contributed by atoms with E-state index in [4.69, 9.17) is 23.2 Å². The minimum Gasteiger partial charge on any atom is -0.283 e. The third-order valence-corrected chi connectivity index (χ3v) is 11.3. The van der Waals surface area contributed by atoms with Crippen molar-refractivity contribution in [3.63, 3.8) is 0 Å². The quantitative estimate of drug-likeness (QED) is 0.151. The Labute approximate surface area is 300 Å². The van der Waals surface area contributed by atoms with E-state index in [1.165, 1.54) is 34.2 Å². The van der Waals surface area contributed by atoms with Crippen molar-refractivity contribution in [1.82, 2.24) is 29.2 Å². The predicted molar refractivity (Wildman–Crippen MR) is 184 cm³/mol. The zero-order valence-corrected chi connectivity index (χ0v) is 29.4. The van der Waals surface area contributed by atoms with Crippen molar-refractivity contribution in [3.05, 3.63) is 91.9 Å². The summed E-state index contributed by atoms with van der Waals surface area (Å²) in [6.07, 6.45) is -2.85. The number of hydrazine groups is 1. The van der Waals surface area contributed by atoms with Gasteiger partial charge < -0.3 is 0 Å². The van der Waals surface area contributed by atoms with Gasteiger partial charge in [0, 0.05) is 48.9 Å². The molecule has 2 aliphatic heterocycles. The molecule has 17 heteroatoms. The van der Waals surface area contributed by atoms with Gasteiger partial charge in [-0.25, -0.2) is 14.1 Å². The normalized spacial score (nSPS) is 17.4. The zero-order valence-electron chi connectivity index (χ0n) is 26.2. The first-order valence-electron chi connectivity index (χ1n) is 15.6. The van der Waals surface area contributed by atoms with Crippen molar-refractivity contribution in [3.8, 4) is 28.1 Å². The molecule has 2 aromatic carbocycles. The number of amides is 1. The smallest absolute Gasteiger partial charge is 0.283 e. The Kier molecular flexibility index (Phi) is 10.9. The van der Waals surface area contributed by atoms with E-state index in [0.717, 1.165) is 35.7 Å². The lowest BCUT2D eigenvalue weighted by atomic mass is 10.1. The molecule has 264 valence electrons. The number of carbonyl (C=O) groups excluding carboxylic acids is 1. The van der Waals surface area contributed by atoms with Crippen molar-refractivity contribution in [2.75, 3.05) is 26.2 Å². The van der Waals surface area contributed by atoms with Crippen molar-refractivity contribution in [2.24, 2.45) is 0 Å². The summed E-state index contributed by atoms with van der Waals surface area (Å²) in [5.41, 5.74) is 3.36. The Bertz CT molecular complexity index is 2050. The third kappa shape index (κ3) is 8.34. The van der Waals surface area contributed by atoms with Gasteiger partial charge in [-0.2, -0.15) is 35.7 Å². The highest BCUT2D eigenvalue weighted by molar-refractivity contribution is 7.87. The molecule has 9 nitrogen and oxygen atoms in total. The van der Waals surface area contributed by atoms with Crippen LogP contribution in [0, 0.1) is 11.8 Å². The monoisotopic (exact) mass is 768 g/mol. The van der Waals surface area contributed by atoms with Crippen LogP contribution in [0.1, 0.15) is 57.7 Å². The number of halogens is 6. The predicted octanol–water partition coefficient (Wildman–Crippen LogP) is 6.84. The molecule has 2 aliphatic rings. The molecule has 0 bridgehead atoms. The Morgan fingerprint density at radius 1 is 1.00 bits per heavy atom. The summed E-state index contributed by atoms with van der Waals surface area (Å²) in [4.78, 5) is 14.9. The first kappa shape index (κ1) is 36.3. The van der Waals surface area contributed by atoms with E-state index in [-0.39, 0.29) is 42.3 Å². The van der Waals surface area contributed by atoms with Crippen LogP contribution in [0.2, 0.25) is 10.0 Å². The van der Waals surface area contributed by atoms with Gasteiger partial charge in [-0.05, 0) is 73.9 Å². The fourth-order valence-electron chi connectivity index (χ4n) is 5.65. The summed E-state index contributed by atoms with van der Waals surface area (Å²) in [6.45, 7) is 0.627. The van der Waals surface area contributed by atoms with E-state index >= 15 is 0 Å². The molecule has 2 fully saturated rings. The largest absolute Gasteiger partial charge is 0.416 e. The third-order valence-electron chi connectivity index (χ3n) is 8.20. The highest BCUT2D eigenvalue weighted by Crippen LogP contribution is 2.37. The lowest BCUT2D eigenvalue weighted by molar-refractivity contribution is -0.137. The highest BCUT2D eigenvalue weighted by atomic mass is 35.5. The van der Waals surface area contributed by atoms with Gasteiger partial charge in [0.25, 0.3) is 16.1 Å². The minimum absolute atomic E-state index is 0.0111. The molecule has 50 heavy (non-hydrogen) atoms. The Morgan fingerprint density at radius 3 is 2.40 bits per heavy atom. The van der Waals surface area contributed by atoms with Gasteiger partial charge in [-0.3, -0.25) is 10.2 Å². The van der Waals surface area contributed by atoms with Crippen LogP contribution >= 0.6 is 34.5 Å². The number of hydrogen-bond donors (Lipinski definition) is 2. The van der Waals surface area contributed by atoms with Gasteiger partial charge in [0.05, 0.1) is 31.7 Å². The maximum absolute atomic E-state index is 14.0. The first-order chi connectivity index (χ1) is 23.8. The summed E-state index contributed by atoms with van der Waals surface area (Å²) in [5.74, 6) is 5.27. The molecule has 4 heterocycles. The Morgan fingerprint density at radius 2 is 1.74 bits per heavy atom. The number of piperidine rings is 1. The van der Waals surface area contributed by atoms with Crippen molar-refractivity contribution in [1.29, 1.82) is 0 Å². The highest BCUT2D eigenvalue weighted by Gasteiger charge is 2.34. The topological polar surface area (TPSA) is 99.6 Å². The molecule has 2 N–H and O–H groups in total. The molecule has 0 saturated carbocycles. The second-order valence-electron chi connectivity index (χ2n) is 11.7.